The van der Waals surface area contributed by atoms with Gasteiger partial charge in [0.1, 0.15) is 0 Å². The number of aliphatic hydroxyl groups is 1. The Kier molecular flexibility index (Phi) is 3.35. The molecular formula is C10H17NO. The van der Waals surface area contributed by atoms with Crippen molar-refractivity contribution in [1.82, 2.24) is 4.57 Å². The van der Waals surface area contributed by atoms with Crippen molar-refractivity contribution in [1.29, 1.82) is 0 Å². The maximum Gasteiger partial charge on any atom is 0.0610 e. The number of aryl methyl sites for hydroxylation is 2. The van der Waals surface area contributed by atoms with Gasteiger partial charge in [-0.2, -0.15) is 0 Å². The molecule has 1 heterocycles. The lowest BCUT2D eigenvalue weighted by molar-refractivity contribution is 0.273. The van der Waals surface area contributed by atoms with Crippen molar-refractivity contribution in [3.05, 3.63) is 23.5 Å². The number of aromatic nitrogens is 1. The van der Waals surface area contributed by atoms with Crippen LogP contribution in [0.2, 0.25) is 0 Å². The number of rotatable bonds is 4. The van der Waals surface area contributed by atoms with Gasteiger partial charge in [-0.3, -0.25) is 0 Å². The van der Waals surface area contributed by atoms with Crippen LogP contribution in [0.3, 0.4) is 0 Å². The van der Waals surface area contributed by atoms with E-state index in [0.717, 1.165) is 19.4 Å². The molecule has 68 valence electrons. The highest BCUT2D eigenvalue weighted by atomic mass is 16.3. The van der Waals surface area contributed by atoms with E-state index in [-0.39, 0.29) is 6.61 Å². The first-order valence-corrected chi connectivity index (χ1v) is 4.55. The van der Waals surface area contributed by atoms with Gasteiger partial charge in [-0.15, -0.1) is 0 Å². The Bertz CT molecular complexity index is 240. The number of hydrogen-bond donors (Lipinski definition) is 1. The van der Waals surface area contributed by atoms with Crippen molar-refractivity contribution in [3.63, 3.8) is 0 Å². The molecule has 0 radical (unpaired) electrons. The minimum atomic E-state index is 0.228. The van der Waals surface area contributed by atoms with E-state index in [4.69, 9.17) is 5.11 Å². The Labute approximate surface area is 73.8 Å². The molecule has 0 fully saturated rings. The summed E-state index contributed by atoms with van der Waals surface area (Å²) >= 11 is 0. The minimum Gasteiger partial charge on any atom is -0.395 e. The fourth-order valence-corrected chi connectivity index (χ4v) is 1.52. The standard InChI is InChI=1S/C10H17NO/c1-3-4-10-6-5-9(2)11(10)7-8-12/h5-6,12H,3-4,7-8H2,1-2H3. The predicted octanol–water partition coefficient (Wildman–Crippen LogP) is 1.74. The molecule has 0 saturated heterocycles. The van der Waals surface area contributed by atoms with Gasteiger partial charge in [0, 0.05) is 17.9 Å². The van der Waals surface area contributed by atoms with Crippen LogP contribution in [0.15, 0.2) is 12.1 Å². The summed E-state index contributed by atoms with van der Waals surface area (Å²) in [6.07, 6.45) is 2.27. The number of hydrogen-bond acceptors (Lipinski definition) is 1. The SMILES string of the molecule is CCCc1ccc(C)n1CCO. The fraction of sp³-hybridized carbons (Fsp3) is 0.600. The van der Waals surface area contributed by atoms with Crippen LogP contribution in [0.25, 0.3) is 0 Å². The van der Waals surface area contributed by atoms with E-state index in [1.165, 1.54) is 11.4 Å². The van der Waals surface area contributed by atoms with Gasteiger partial charge in [-0.25, -0.2) is 0 Å². The van der Waals surface area contributed by atoms with Crippen LogP contribution >= 0.6 is 0 Å². The molecule has 0 amide bonds. The molecule has 0 atom stereocenters. The molecule has 0 aliphatic heterocycles. The first-order chi connectivity index (χ1) is 5.79. The van der Waals surface area contributed by atoms with E-state index in [1.54, 1.807) is 0 Å². The summed E-state index contributed by atoms with van der Waals surface area (Å²) in [5.41, 5.74) is 2.58. The van der Waals surface area contributed by atoms with Gasteiger partial charge in [-0.1, -0.05) is 13.3 Å². The first kappa shape index (κ1) is 9.33. The normalized spacial score (nSPS) is 10.6. The Morgan fingerprint density at radius 3 is 2.75 bits per heavy atom. The maximum absolute atomic E-state index is 8.83. The van der Waals surface area contributed by atoms with Crippen LogP contribution in [0, 0.1) is 6.92 Å². The molecule has 0 bridgehead atoms. The average molecular weight is 167 g/mol. The molecular weight excluding hydrogens is 150 g/mol. The highest BCUT2D eigenvalue weighted by Crippen LogP contribution is 2.09. The van der Waals surface area contributed by atoms with Crippen molar-refractivity contribution in [2.24, 2.45) is 0 Å². The highest BCUT2D eigenvalue weighted by Gasteiger charge is 2.02. The lowest BCUT2D eigenvalue weighted by Gasteiger charge is -2.08. The van der Waals surface area contributed by atoms with Crippen molar-refractivity contribution in [3.8, 4) is 0 Å². The van der Waals surface area contributed by atoms with E-state index in [2.05, 4.69) is 30.5 Å². The van der Waals surface area contributed by atoms with Gasteiger partial charge in [-0.05, 0) is 25.5 Å². The average Bonchev–Trinajstić information content (AvgIpc) is 2.37. The zero-order valence-corrected chi connectivity index (χ0v) is 7.88. The molecule has 0 spiro atoms. The van der Waals surface area contributed by atoms with E-state index >= 15 is 0 Å². The van der Waals surface area contributed by atoms with Crippen molar-refractivity contribution >= 4 is 0 Å². The Balaban J connectivity index is 2.80. The third-order valence-corrected chi connectivity index (χ3v) is 2.12. The third kappa shape index (κ3) is 1.89. The number of nitrogens with zero attached hydrogens (tertiary/aromatic N) is 1. The summed E-state index contributed by atoms with van der Waals surface area (Å²) in [4.78, 5) is 0. The van der Waals surface area contributed by atoms with Crippen molar-refractivity contribution in [2.75, 3.05) is 6.61 Å². The molecule has 2 nitrogen and oxygen atoms in total. The zero-order valence-electron chi connectivity index (χ0n) is 7.88. The topological polar surface area (TPSA) is 25.2 Å². The van der Waals surface area contributed by atoms with Gasteiger partial charge in [0.05, 0.1) is 6.61 Å². The first-order valence-electron chi connectivity index (χ1n) is 4.55. The number of aliphatic hydroxyl groups excluding tert-OH is 1. The largest absolute Gasteiger partial charge is 0.395 e. The molecule has 12 heavy (non-hydrogen) atoms. The van der Waals surface area contributed by atoms with E-state index in [0.29, 0.717) is 0 Å². The summed E-state index contributed by atoms with van der Waals surface area (Å²) < 4.78 is 2.18. The molecule has 0 aliphatic rings. The summed E-state index contributed by atoms with van der Waals surface area (Å²) in [6, 6.07) is 4.26. The predicted molar refractivity (Wildman–Crippen MR) is 50.2 cm³/mol. The molecule has 1 aromatic heterocycles. The molecule has 1 N–H and O–H groups in total. The molecule has 0 aromatic carbocycles. The van der Waals surface area contributed by atoms with Crippen LogP contribution in [0.4, 0.5) is 0 Å². The second kappa shape index (κ2) is 4.31. The Morgan fingerprint density at radius 2 is 2.17 bits per heavy atom. The van der Waals surface area contributed by atoms with Gasteiger partial charge >= 0.3 is 0 Å². The smallest absolute Gasteiger partial charge is 0.0610 e. The molecule has 1 aromatic rings. The highest BCUT2D eigenvalue weighted by molar-refractivity contribution is 5.15. The molecule has 1 rings (SSSR count). The summed E-state index contributed by atoms with van der Waals surface area (Å²) in [7, 11) is 0. The van der Waals surface area contributed by atoms with Crippen LogP contribution in [-0.2, 0) is 13.0 Å². The monoisotopic (exact) mass is 167 g/mol. The minimum absolute atomic E-state index is 0.228. The van der Waals surface area contributed by atoms with Crippen LogP contribution < -0.4 is 0 Å². The quantitative estimate of drug-likeness (QED) is 0.726. The molecule has 0 unspecified atom stereocenters. The van der Waals surface area contributed by atoms with Gasteiger partial charge in [0.2, 0.25) is 0 Å². The van der Waals surface area contributed by atoms with Crippen LogP contribution in [0.5, 0.6) is 0 Å². The second-order valence-corrected chi connectivity index (χ2v) is 3.09. The second-order valence-electron chi connectivity index (χ2n) is 3.09. The van der Waals surface area contributed by atoms with Gasteiger partial charge in [0.15, 0.2) is 0 Å². The summed E-state index contributed by atoms with van der Waals surface area (Å²) in [5, 5.41) is 8.83. The lowest BCUT2D eigenvalue weighted by Crippen LogP contribution is -2.07. The molecule has 2 heteroatoms. The van der Waals surface area contributed by atoms with E-state index in [1.807, 2.05) is 0 Å². The zero-order chi connectivity index (χ0) is 8.97. The maximum atomic E-state index is 8.83. The van der Waals surface area contributed by atoms with Gasteiger partial charge < -0.3 is 9.67 Å². The summed E-state index contributed by atoms with van der Waals surface area (Å²) in [6.45, 7) is 5.21. The van der Waals surface area contributed by atoms with Crippen LogP contribution in [0.1, 0.15) is 24.7 Å². The third-order valence-electron chi connectivity index (χ3n) is 2.12. The Hall–Kier alpha value is -0.760. The lowest BCUT2D eigenvalue weighted by atomic mass is 10.2. The van der Waals surface area contributed by atoms with E-state index in [9.17, 15) is 0 Å². The van der Waals surface area contributed by atoms with E-state index < -0.39 is 0 Å². The molecule has 0 aliphatic carbocycles. The van der Waals surface area contributed by atoms with Crippen molar-refractivity contribution in [2.45, 2.75) is 33.2 Å². The Morgan fingerprint density at radius 1 is 1.42 bits per heavy atom. The van der Waals surface area contributed by atoms with Gasteiger partial charge in [0.25, 0.3) is 0 Å². The molecule has 0 saturated carbocycles. The summed E-state index contributed by atoms with van der Waals surface area (Å²) in [5.74, 6) is 0. The van der Waals surface area contributed by atoms with Crippen molar-refractivity contribution < 1.29 is 5.11 Å². The van der Waals surface area contributed by atoms with Crippen LogP contribution in [-0.4, -0.2) is 16.3 Å². The fourth-order valence-electron chi connectivity index (χ4n) is 1.52.